The number of alkyl halides is 3. The van der Waals surface area contributed by atoms with Gasteiger partial charge in [-0.3, -0.25) is 14.4 Å². The molecular formula is C18H18F3N3O4. The number of amides is 1. The van der Waals surface area contributed by atoms with E-state index in [1.165, 1.54) is 0 Å². The topological polar surface area (TPSA) is 101 Å². The molecule has 1 saturated carbocycles. The van der Waals surface area contributed by atoms with Crippen LogP contribution in [0.3, 0.4) is 0 Å². The van der Waals surface area contributed by atoms with Gasteiger partial charge in [0.25, 0.3) is 5.56 Å². The maximum atomic E-state index is 13.0. The van der Waals surface area contributed by atoms with Crippen molar-refractivity contribution in [1.29, 1.82) is 0 Å². The molecule has 0 saturated heterocycles. The second-order valence-electron chi connectivity index (χ2n) is 7.30. The monoisotopic (exact) mass is 397 g/mol. The molecule has 10 heteroatoms. The summed E-state index contributed by atoms with van der Waals surface area (Å²) in [5.74, 6) is -1.18. The van der Waals surface area contributed by atoms with E-state index < -0.39 is 41.1 Å². The largest absolute Gasteiger partial charge is 0.416 e. The van der Waals surface area contributed by atoms with Gasteiger partial charge in [0.1, 0.15) is 12.2 Å². The van der Waals surface area contributed by atoms with Crippen molar-refractivity contribution in [1.82, 2.24) is 15.1 Å². The molecule has 0 bridgehead atoms. The highest BCUT2D eigenvalue weighted by molar-refractivity contribution is 6.05. The molecule has 3 rings (SSSR count). The van der Waals surface area contributed by atoms with Crippen molar-refractivity contribution in [2.24, 2.45) is 0 Å². The first-order valence-corrected chi connectivity index (χ1v) is 8.52. The zero-order valence-corrected chi connectivity index (χ0v) is 15.1. The number of rotatable bonds is 4. The molecule has 0 spiro atoms. The lowest BCUT2D eigenvalue weighted by Gasteiger charge is -2.41. The van der Waals surface area contributed by atoms with E-state index >= 15 is 0 Å². The SMILES string of the molecule is CC(=O)c1nn(CC(=O)N[C@H]2C[C@@](C)(O)C2)c(=O)c2ccc(C(F)(F)F)cc12. The number of hydrogen-bond acceptors (Lipinski definition) is 5. The van der Waals surface area contributed by atoms with Crippen LogP contribution in [0.2, 0.25) is 0 Å². The third-order valence-corrected chi connectivity index (χ3v) is 4.65. The Balaban J connectivity index is 1.95. The number of aliphatic hydroxyl groups is 1. The van der Waals surface area contributed by atoms with Crippen LogP contribution in [0.25, 0.3) is 10.8 Å². The van der Waals surface area contributed by atoms with E-state index in [9.17, 15) is 32.7 Å². The number of nitrogens with zero attached hydrogens (tertiary/aromatic N) is 2. The lowest BCUT2D eigenvalue weighted by atomic mass is 9.77. The summed E-state index contributed by atoms with van der Waals surface area (Å²) in [4.78, 5) is 36.6. The Hall–Kier alpha value is -2.75. The van der Waals surface area contributed by atoms with E-state index in [1.807, 2.05) is 0 Å². The van der Waals surface area contributed by atoms with Crippen molar-refractivity contribution in [2.45, 2.75) is 51.1 Å². The number of carbonyl (C=O) groups is 2. The average molecular weight is 397 g/mol. The molecule has 1 aliphatic rings. The summed E-state index contributed by atoms with van der Waals surface area (Å²) in [5, 5.41) is 15.8. The molecule has 1 aliphatic carbocycles. The molecule has 1 heterocycles. The molecule has 1 amide bonds. The van der Waals surface area contributed by atoms with Crippen LogP contribution in [0, 0.1) is 0 Å². The summed E-state index contributed by atoms with van der Waals surface area (Å²) in [6.45, 7) is 2.27. The Morgan fingerprint density at radius 3 is 2.50 bits per heavy atom. The Bertz CT molecular complexity index is 1020. The van der Waals surface area contributed by atoms with Gasteiger partial charge >= 0.3 is 6.18 Å². The third-order valence-electron chi connectivity index (χ3n) is 4.65. The Morgan fingerprint density at radius 2 is 1.96 bits per heavy atom. The maximum Gasteiger partial charge on any atom is 0.416 e. The number of halogens is 3. The van der Waals surface area contributed by atoms with Gasteiger partial charge in [0.2, 0.25) is 5.91 Å². The predicted molar refractivity (Wildman–Crippen MR) is 92.8 cm³/mol. The number of aromatic nitrogens is 2. The van der Waals surface area contributed by atoms with E-state index in [-0.39, 0.29) is 22.5 Å². The first-order valence-electron chi connectivity index (χ1n) is 8.52. The van der Waals surface area contributed by atoms with Crippen molar-refractivity contribution < 1.29 is 27.9 Å². The van der Waals surface area contributed by atoms with Gasteiger partial charge in [-0.1, -0.05) is 0 Å². The van der Waals surface area contributed by atoms with Crippen LogP contribution in [-0.4, -0.2) is 38.2 Å². The molecule has 1 aromatic heterocycles. The number of benzene rings is 1. The zero-order valence-electron chi connectivity index (χ0n) is 15.1. The van der Waals surface area contributed by atoms with Crippen LogP contribution in [0.4, 0.5) is 13.2 Å². The summed E-state index contributed by atoms with van der Waals surface area (Å²) in [6.07, 6.45) is -3.89. The average Bonchev–Trinajstić information content (AvgIpc) is 2.54. The molecule has 7 nitrogen and oxygen atoms in total. The fourth-order valence-corrected chi connectivity index (χ4v) is 3.34. The standard InChI is InChI=1S/C18H18F3N3O4/c1-9(25)15-13-5-10(18(19,20)21)3-4-12(13)16(27)24(23-15)8-14(26)22-11-6-17(2,28)7-11/h3-5,11,28H,6-8H2,1-2H3,(H,22,26)/t11-,17+. The second kappa shape index (κ2) is 6.69. The van der Waals surface area contributed by atoms with Gasteiger partial charge in [0, 0.05) is 18.4 Å². The smallest absolute Gasteiger partial charge is 0.390 e. The Kier molecular flexibility index (Phi) is 4.78. The molecule has 1 aromatic carbocycles. The van der Waals surface area contributed by atoms with Gasteiger partial charge in [-0.15, -0.1) is 0 Å². The number of hydrogen-bond donors (Lipinski definition) is 2. The van der Waals surface area contributed by atoms with E-state index in [0.29, 0.717) is 18.9 Å². The summed E-state index contributed by atoms with van der Waals surface area (Å²) < 4.78 is 39.6. The highest BCUT2D eigenvalue weighted by atomic mass is 19.4. The molecule has 0 radical (unpaired) electrons. The van der Waals surface area contributed by atoms with Crippen molar-refractivity contribution in [3.05, 3.63) is 39.8 Å². The number of carbonyl (C=O) groups excluding carboxylic acids is 2. The molecule has 2 aromatic rings. The van der Waals surface area contributed by atoms with Gasteiger partial charge in [0.05, 0.1) is 16.6 Å². The molecule has 1 fully saturated rings. The van der Waals surface area contributed by atoms with Gasteiger partial charge in [-0.05, 0) is 38.0 Å². The molecular weight excluding hydrogens is 379 g/mol. The molecule has 0 unspecified atom stereocenters. The molecule has 2 N–H and O–H groups in total. The highest BCUT2D eigenvalue weighted by Crippen LogP contribution is 2.32. The Labute approximate surface area is 157 Å². The maximum absolute atomic E-state index is 13.0. The van der Waals surface area contributed by atoms with Gasteiger partial charge in [-0.2, -0.15) is 18.3 Å². The quantitative estimate of drug-likeness (QED) is 0.764. The van der Waals surface area contributed by atoms with Crippen molar-refractivity contribution in [3.8, 4) is 0 Å². The third kappa shape index (κ3) is 3.91. The zero-order chi connectivity index (χ0) is 20.9. The van der Waals surface area contributed by atoms with Crippen LogP contribution in [0.15, 0.2) is 23.0 Å². The van der Waals surface area contributed by atoms with Crippen LogP contribution in [0.1, 0.15) is 42.7 Å². The minimum atomic E-state index is -4.64. The predicted octanol–water partition coefficient (Wildman–Crippen LogP) is 1.65. The molecule has 0 aliphatic heterocycles. The van der Waals surface area contributed by atoms with Gasteiger partial charge in [-0.25, -0.2) is 4.68 Å². The molecule has 0 atom stereocenters. The lowest BCUT2D eigenvalue weighted by molar-refractivity contribution is -0.137. The van der Waals surface area contributed by atoms with Crippen molar-refractivity contribution >= 4 is 22.5 Å². The fraction of sp³-hybridized carbons (Fsp3) is 0.444. The number of fused-ring (bicyclic) bond motifs is 1. The van der Waals surface area contributed by atoms with E-state index in [1.54, 1.807) is 6.92 Å². The summed E-state index contributed by atoms with van der Waals surface area (Å²) in [5.41, 5.74) is -2.94. The normalized spacial score (nSPS) is 22.0. The van der Waals surface area contributed by atoms with Gasteiger partial charge < -0.3 is 10.4 Å². The summed E-state index contributed by atoms with van der Waals surface area (Å²) in [7, 11) is 0. The van der Waals surface area contributed by atoms with Crippen LogP contribution in [0.5, 0.6) is 0 Å². The minimum Gasteiger partial charge on any atom is -0.390 e. The van der Waals surface area contributed by atoms with E-state index in [2.05, 4.69) is 10.4 Å². The van der Waals surface area contributed by atoms with Crippen molar-refractivity contribution in [3.63, 3.8) is 0 Å². The van der Waals surface area contributed by atoms with Crippen LogP contribution in [-0.2, 0) is 17.5 Å². The highest BCUT2D eigenvalue weighted by Gasteiger charge is 2.39. The first kappa shape index (κ1) is 20.0. The fourth-order valence-electron chi connectivity index (χ4n) is 3.34. The number of Topliss-reactive ketones (excluding diaryl/α,β-unsaturated/α-hetero) is 1. The van der Waals surface area contributed by atoms with Gasteiger partial charge in [0.15, 0.2) is 5.78 Å². The van der Waals surface area contributed by atoms with E-state index in [4.69, 9.17) is 0 Å². The first-order chi connectivity index (χ1) is 12.9. The van der Waals surface area contributed by atoms with Crippen LogP contribution >= 0.6 is 0 Å². The lowest BCUT2D eigenvalue weighted by Crippen LogP contribution is -2.54. The second-order valence-corrected chi connectivity index (χ2v) is 7.30. The Morgan fingerprint density at radius 1 is 1.32 bits per heavy atom. The number of nitrogens with one attached hydrogen (secondary N) is 1. The molecule has 150 valence electrons. The summed E-state index contributed by atoms with van der Waals surface area (Å²) in [6, 6.07) is 2.20. The van der Waals surface area contributed by atoms with E-state index in [0.717, 1.165) is 23.7 Å². The van der Waals surface area contributed by atoms with Crippen LogP contribution < -0.4 is 10.9 Å². The molecule has 28 heavy (non-hydrogen) atoms. The number of ketones is 1. The summed E-state index contributed by atoms with van der Waals surface area (Å²) >= 11 is 0. The van der Waals surface area contributed by atoms with Crippen molar-refractivity contribution in [2.75, 3.05) is 0 Å². The minimum absolute atomic E-state index is 0.132.